The topological polar surface area (TPSA) is 72.4 Å². The van der Waals surface area contributed by atoms with Gasteiger partial charge in [-0.25, -0.2) is 9.97 Å². The summed E-state index contributed by atoms with van der Waals surface area (Å²) in [5, 5.41) is 3.37. The number of hydrogen-bond donors (Lipinski definition) is 1. The summed E-state index contributed by atoms with van der Waals surface area (Å²) < 4.78 is 10.8. The molecule has 134 valence electrons. The molecule has 3 rings (SSSR count). The molecule has 2 aromatic heterocycles. The fourth-order valence-electron chi connectivity index (χ4n) is 2.90. The monoisotopic (exact) mass is 343 g/mol. The number of nitrogens with zero attached hydrogens (tertiary/aromatic N) is 4. The van der Waals surface area contributed by atoms with E-state index in [1.54, 1.807) is 19.6 Å². The van der Waals surface area contributed by atoms with E-state index in [1.807, 2.05) is 18.2 Å². The molecule has 0 spiro atoms. The van der Waals surface area contributed by atoms with Crippen LogP contribution in [0.4, 0.5) is 5.82 Å². The van der Waals surface area contributed by atoms with Crippen molar-refractivity contribution in [2.75, 3.05) is 45.8 Å². The molecule has 1 atom stereocenters. The van der Waals surface area contributed by atoms with Crippen LogP contribution < -0.4 is 10.1 Å². The molecular formula is C18H25N5O2. The minimum Gasteiger partial charge on any atom is -0.495 e. The zero-order valence-corrected chi connectivity index (χ0v) is 14.8. The van der Waals surface area contributed by atoms with E-state index in [0.717, 1.165) is 62.2 Å². The lowest BCUT2D eigenvalue weighted by atomic mass is 10.1. The normalized spacial score (nSPS) is 17.0. The Labute approximate surface area is 148 Å². The van der Waals surface area contributed by atoms with Crippen LogP contribution in [-0.2, 0) is 11.3 Å². The third-order valence-electron chi connectivity index (χ3n) is 4.32. The minimum absolute atomic E-state index is 0.392. The molecule has 0 bridgehead atoms. The maximum Gasteiger partial charge on any atom is 0.141 e. The Kier molecular flexibility index (Phi) is 6.14. The van der Waals surface area contributed by atoms with Crippen molar-refractivity contribution in [1.29, 1.82) is 0 Å². The quantitative estimate of drug-likeness (QED) is 0.785. The molecule has 1 N–H and O–H groups in total. The smallest absolute Gasteiger partial charge is 0.141 e. The van der Waals surface area contributed by atoms with Crippen molar-refractivity contribution in [3.63, 3.8) is 0 Å². The van der Waals surface area contributed by atoms with Gasteiger partial charge in [0.25, 0.3) is 0 Å². The molecule has 0 aliphatic carbocycles. The van der Waals surface area contributed by atoms with Crippen molar-refractivity contribution in [3.05, 3.63) is 42.1 Å². The van der Waals surface area contributed by atoms with Crippen LogP contribution in [-0.4, -0.2) is 60.3 Å². The Morgan fingerprint density at radius 1 is 1.36 bits per heavy atom. The second-order valence-corrected chi connectivity index (χ2v) is 6.21. The predicted octanol–water partition coefficient (Wildman–Crippen LogP) is 1.93. The van der Waals surface area contributed by atoms with E-state index in [1.165, 1.54) is 0 Å². The molecule has 0 radical (unpaired) electrons. The molecule has 1 aliphatic rings. The molecule has 0 saturated carbocycles. The van der Waals surface area contributed by atoms with Crippen molar-refractivity contribution in [2.45, 2.75) is 18.9 Å². The fraction of sp³-hybridized carbons (Fsp3) is 0.500. The maximum absolute atomic E-state index is 5.44. The van der Waals surface area contributed by atoms with Crippen LogP contribution in [0, 0.1) is 0 Å². The molecule has 25 heavy (non-hydrogen) atoms. The lowest BCUT2D eigenvalue weighted by Crippen LogP contribution is -2.25. The summed E-state index contributed by atoms with van der Waals surface area (Å²) in [5.41, 5.74) is 2.00. The van der Waals surface area contributed by atoms with Crippen LogP contribution in [0.1, 0.15) is 23.7 Å². The first-order chi connectivity index (χ1) is 12.3. The Morgan fingerprint density at radius 2 is 2.28 bits per heavy atom. The minimum atomic E-state index is 0.392. The van der Waals surface area contributed by atoms with Gasteiger partial charge in [-0.15, -0.1) is 0 Å². The highest BCUT2D eigenvalue weighted by Gasteiger charge is 2.19. The van der Waals surface area contributed by atoms with Crippen molar-refractivity contribution in [3.8, 4) is 5.75 Å². The van der Waals surface area contributed by atoms with Crippen LogP contribution in [0.5, 0.6) is 5.75 Å². The molecule has 0 unspecified atom stereocenters. The van der Waals surface area contributed by atoms with Gasteiger partial charge in [-0.2, -0.15) is 0 Å². The molecule has 1 saturated heterocycles. The molecular weight excluding hydrogens is 318 g/mol. The van der Waals surface area contributed by atoms with Crippen LogP contribution in [0.15, 0.2) is 30.7 Å². The number of methoxy groups -OCH3 is 1. The summed E-state index contributed by atoms with van der Waals surface area (Å²) in [7, 11) is 3.74. The molecule has 0 aromatic carbocycles. The van der Waals surface area contributed by atoms with Gasteiger partial charge in [0.05, 0.1) is 25.1 Å². The van der Waals surface area contributed by atoms with Crippen LogP contribution in [0.25, 0.3) is 0 Å². The number of likely N-dealkylation sites (N-methyl/N-ethyl adjacent to an activating group) is 1. The van der Waals surface area contributed by atoms with Crippen molar-refractivity contribution in [1.82, 2.24) is 19.9 Å². The molecule has 2 aromatic rings. The Bertz CT molecular complexity index is 676. The van der Waals surface area contributed by atoms with E-state index in [-0.39, 0.29) is 0 Å². The summed E-state index contributed by atoms with van der Waals surface area (Å²) in [4.78, 5) is 15.3. The first kappa shape index (κ1) is 17.6. The number of hydrogen-bond acceptors (Lipinski definition) is 7. The summed E-state index contributed by atoms with van der Waals surface area (Å²) in [6.45, 7) is 3.97. The van der Waals surface area contributed by atoms with Crippen LogP contribution in [0.2, 0.25) is 0 Å². The number of pyridine rings is 1. The summed E-state index contributed by atoms with van der Waals surface area (Å²) in [6.07, 6.45) is 4.45. The number of rotatable bonds is 8. The molecule has 1 aliphatic heterocycles. The Balaban J connectivity index is 1.48. The third kappa shape index (κ3) is 4.87. The highest BCUT2D eigenvalue weighted by Crippen LogP contribution is 2.24. The highest BCUT2D eigenvalue weighted by molar-refractivity contribution is 5.36. The number of nitrogens with one attached hydrogen (secondary N) is 1. The standard InChI is InChI=1S/C18H25N5O2/c1-23(11-16-17(24-2)4-3-6-19-16)8-7-20-18-10-15(21-13-22-18)14-5-9-25-12-14/h3-4,6,10,13-14H,5,7-9,11-12H2,1-2H3,(H,20,21,22)/t14-/m0/s1. The fourth-order valence-corrected chi connectivity index (χ4v) is 2.90. The lowest BCUT2D eigenvalue weighted by molar-refractivity contribution is 0.193. The maximum atomic E-state index is 5.44. The number of anilines is 1. The average molecular weight is 343 g/mol. The highest BCUT2D eigenvalue weighted by atomic mass is 16.5. The predicted molar refractivity (Wildman–Crippen MR) is 95.8 cm³/mol. The summed E-state index contributed by atoms with van der Waals surface area (Å²) in [6, 6.07) is 5.84. The molecule has 1 fully saturated rings. The second kappa shape index (κ2) is 8.73. The summed E-state index contributed by atoms with van der Waals surface area (Å²) in [5.74, 6) is 2.07. The first-order valence-electron chi connectivity index (χ1n) is 8.56. The molecule has 7 heteroatoms. The lowest BCUT2D eigenvalue weighted by Gasteiger charge is -2.18. The average Bonchev–Trinajstić information content (AvgIpc) is 3.17. The van der Waals surface area contributed by atoms with Gasteiger partial charge < -0.3 is 14.8 Å². The first-order valence-corrected chi connectivity index (χ1v) is 8.56. The Morgan fingerprint density at radius 3 is 3.08 bits per heavy atom. The molecule has 7 nitrogen and oxygen atoms in total. The van der Waals surface area contributed by atoms with Gasteiger partial charge in [0, 0.05) is 44.4 Å². The van der Waals surface area contributed by atoms with Gasteiger partial charge in [-0.3, -0.25) is 9.88 Å². The largest absolute Gasteiger partial charge is 0.495 e. The van der Waals surface area contributed by atoms with Crippen molar-refractivity contribution >= 4 is 5.82 Å². The SMILES string of the molecule is COc1cccnc1CN(C)CCNc1cc([C@H]2CCOC2)ncn1. The van der Waals surface area contributed by atoms with Crippen LogP contribution in [0.3, 0.4) is 0 Å². The van der Waals surface area contributed by atoms with Gasteiger partial charge in [0.1, 0.15) is 17.9 Å². The van der Waals surface area contributed by atoms with E-state index in [2.05, 4.69) is 32.2 Å². The molecule has 0 amide bonds. The van der Waals surface area contributed by atoms with E-state index in [0.29, 0.717) is 5.92 Å². The van der Waals surface area contributed by atoms with Gasteiger partial charge in [-0.1, -0.05) is 0 Å². The van der Waals surface area contributed by atoms with Crippen LogP contribution >= 0.6 is 0 Å². The zero-order chi connectivity index (χ0) is 17.5. The summed E-state index contributed by atoms with van der Waals surface area (Å²) >= 11 is 0. The second-order valence-electron chi connectivity index (χ2n) is 6.21. The van der Waals surface area contributed by atoms with Gasteiger partial charge >= 0.3 is 0 Å². The number of aromatic nitrogens is 3. The van der Waals surface area contributed by atoms with E-state index in [4.69, 9.17) is 9.47 Å². The van der Waals surface area contributed by atoms with E-state index < -0.39 is 0 Å². The van der Waals surface area contributed by atoms with Gasteiger partial charge in [0.15, 0.2) is 0 Å². The van der Waals surface area contributed by atoms with Gasteiger partial charge in [0.2, 0.25) is 0 Å². The van der Waals surface area contributed by atoms with E-state index >= 15 is 0 Å². The van der Waals surface area contributed by atoms with Gasteiger partial charge in [-0.05, 0) is 25.6 Å². The zero-order valence-electron chi connectivity index (χ0n) is 14.8. The van der Waals surface area contributed by atoms with Crippen molar-refractivity contribution in [2.24, 2.45) is 0 Å². The Hall–Kier alpha value is -2.25. The van der Waals surface area contributed by atoms with Crippen molar-refractivity contribution < 1.29 is 9.47 Å². The number of ether oxygens (including phenoxy) is 2. The third-order valence-corrected chi connectivity index (χ3v) is 4.32. The van der Waals surface area contributed by atoms with E-state index in [9.17, 15) is 0 Å². The molecule has 3 heterocycles.